The Morgan fingerprint density at radius 1 is 1.18 bits per heavy atom. The molecule has 1 fully saturated rings. The summed E-state index contributed by atoms with van der Waals surface area (Å²) in [5, 5.41) is 19.5. The van der Waals surface area contributed by atoms with Crippen LogP contribution in [0.1, 0.15) is 41.4 Å². The molecule has 8 nitrogen and oxygen atoms in total. The van der Waals surface area contributed by atoms with Crippen LogP contribution >= 0.6 is 0 Å². The van der Waals surface area contributed by atoms with Gasteiger partial charge in [-0.25, -0.2) is 4.79 Å². The number of benzene rings is 1. The second-order valence-corrected chi connectivity index (χ2v) is 8.01. The summed E-state index contributed by atoms with van der Waals surface area (Å²) < 4.78 is 38.2. The molecule has 0 aliphatic carbocycles. The molecular weight excluding hydrogens is 443 g/mol. The number of carbonyl (C=O) groups excluding carboxylic acids is 1. The molecule has 2 aromatic rings. The molecule has 3 heterocycles. The number of piperidine rings is 1. The highest BCUT2D eigenvalue weighted by atomic mass is 19.4. The summed E-state index contributed by atoms with van der Waals surface area (Å²) in [5.74, 6) is -1.98. The monoisotopic (exact) mass is 469 g/mol. The van der Waals surface area contributed by atoms with Gasteiger partial charge in [0.2, 0.25) is 0 Å². The summed E-state index contributed by atoms with van der Waals surface area (Å²) in [6, 6.07) is 11.5. The van der Waals surface area contributed by atoms with Crippen LogP contribution in [-0.4, -0.2) is 70.0 Å². The summed E-state index contributed by atoms with van der Waals surface area (Å²) in [5.41, 5.74) is 1.35. The lowest BCUT2D eigenvalue weighted by Crippen LogP contribution is -2.52. The first-order valence-corrected chi connectivity index (χ1v) is 10.5. The van der Waals surface area contributed by atoms with Gasteiger partial charge in [0.15, 0.2) is 0 Å². The van der Waals surface area contributed by atoms with E-state index in [9.17, 15) is 18.0 Å². The number of aliphatic hydroxyl groups is 1. The number of rotatable bonds is 4. The second kappa shape index (κ2) is 10.3. The lowest BCUT2D eigenvalue weighted by atomic mass is 9.80. The fourth-order valence-electron chi connectivity index (χ4n) is 4.09. The van der Waals surface area contributed by atoms with E-state index in [4.69, 9.17) is 19.7 Å². The van der Waals surface area contributed by atoms with E-state index in [1.54, 1.807) is 12.3 Å². The van der Waals surface area contributed by atoms with E-state index in [1.807, 2.05) is 30.3 Å². The first kappa shape index (κ1) is 24.6. The van der Waals surface area contributed by atoms with Crippen molar-refractivity contribution in [3.05, 3.63) is 53.9 Å². The van der Waals surface area contributed by atoms with Crippen molar-refractivity contribution in [1.82, 2.24) is 15.2 Å². The normalized spacial score (nSPS) is 19.6. The minimum atomic E-state index is -5.08. The Kier molecular flexibility index (Phi) is 7.65. The maximum atomic E-state index is 12.6. The standard InChI is InChI=1S/C20H25N3O3.C2HF3O2/c24-13-12-23-10-7-20(8-11-23)14-17(15-4-1-2-6-18(15)26-20)22-19(25)16-5-3-9-21-16;3-2(4,5)1(6)7/h1-6,9,17,21,24H,7-8,10-14H2,(H,22,25);(H,6,7). The molecule has 11 heteroatoms. The Morgan fingerprint density at radius 3 is 2.42 bits per heavy atom. The third kappa shape index (κ3) is 6.26. The van der Waals surface area contributed by atoms with Gasteiger partial charge in [0, 0.05) is 37.8 Å². The van der Waals surface area contributed by atoms with Crippen LogP contribution in [0.4, 0.5) is 13.2 Å². The Hall–Kier alpha value is -3.05. The highest BCUT2D eigenvalue weighted by molar-refractivity contribution is 5.92. The highest BCUT2D eigenvalue weighted by Gasteiger charge is 2.43. The van der Waals surface area contributed by atoms with Gasteiger partial charge in [-0.05, 0) is 31.0 Å². The number of halogens is 3. The zero-order valence-corrected chi connectivity index (χ0v) is 17.8. The van der Waals surface area contributed by atoms with Crippen molar-refractivity contribution in [2.24, 2.45) is 0 Å². The first-order chi connectivity index (χ1) is 15.6. The van der Waals surface area contributed by atoms with Crippen molar-refractivity contribution >= 4 is 11.9 Å². The molecule has 0 saturated carbocycles. The molecule has 1 aromatic heterocycles. The third-order valence-corrected chi connectivity index (χ3v) is 5.77. The number of fused-ring (bicyclic) bond motifs is 1. The van der Waals surface area contributed by atoms with E-state index in [-0.39, 0.29) is 24.2 Å². The molecule has 1 amide bonds. The van der Waals surface area contributed by atoms with E-state index in [1.165, 1.54) is 0 Å². The number of para-hydroxylation sites is 1. The Bertz CT molecular complexity index is 941. The fraction of sp³-hybridized carbons (Fsp3) is 0.455. The van der Waals surface area contributed by atoms with E-state index in [0.717, 1.165) is 43.7 Å². The van der Waals surface area contributed by atoms with E-state index < -0.39 is 12.1 Å². The number of carboxylic acid groups (broad SMARTS) is 1. The van der Waals surface area contributed by atoms with Gasteiger partial charge in [0.25, 0.3) is 5.91 Å². The number of alkyl halides is 3. The van der Waals surface area contributed by atoms with Crippen LogP contribution in [0.25, 0.3) is 0 Å². The van der Waals surface area contributed by atoms with Gasteiger partial charge in [0.1, 0.15) is 17.0 Å². The molecule has 4 rings (SSSR count). The zero-order chi connectivity index (χ0) is 24.1. The number of β-amino-alcohol motifs (C(OH)–C–C–N with tert-alkyl or cyclic N) is 1. The molecule has 0 bridgehead atoms. The van der Waals surface area contributed by atoms with Crippen molar-refractivity contribution in [3.63, 3.8) is 0 Å². The van der Waals surface area contributed by atoms with Gasteiger partial charge >= 0.3 is 12.1 Å². The largest absolute Gasteiger partial charge is 0.490 e. The number of aromatic amines is 1. The van der Waals surface area contributed by atoms with Crippen LogP contribution in [0, 0.1) is 0 Å². The smallest absolute Gasteiger partial charge is 0.487 e. The number of aromatic nitrogens is 1. The van der Waals surface area contributed by atoms with Crippen LogP contribution in [0.15, 0.2) is 42.6 Å². The fourth-order valence-corrected chi connectivity index (χ4v) is 4.09. The number of aliphatic carboxylic acids is 1. The highest BCUT2D eigenvalue weighted by Crippen LogP contribution is 2.44. The molecule has 1 spiro atoms. The van der Waals surface area contributed by atoms with Crippen LogP contribution in [0.3, 0.4) is 0 Å². The Morgan fingerprint density at radius 2 is 1.85 bits per heavy atom. The van der Waals surface area contributed by atoms with Crippen molar-refractivity contribution in [1.29, 1.82) is 0 Å². The number of hydrogen-bond donors (Lipinski definition) is 4. The van der Waals surface area contributed by atoms with Crippen LogP contribution in [0.2, 0.25) is 0 Å². The van der Waals surface area contributed by atoms with Gasteiger partial charge in [-0.1, -0.05) is 18.2 Å². The topological polar surface area (TPSA) is 115 Å². The van der Waals surface area contributed by atoms with E-state index >= 15 is 0 Å². The maximum Gasteiger partial charge on any atom is 0.490 e. The third-order valence-electron chi connectivity index (χ3n) is 5.77. The molecule has 2 aliphatic heterocycles. The average Bonchev–Trinajstić information content (AvgIpc) is 3.31. The van der Waals surface area contributed by atoms with Gasteiger partial charge in [0.05, 0.1) is 12.6 Å². The lowest BCUT2D eigenvalue weighted by molar-refractivity contribution is -0.192. The SMILES string of the molecule is O=C(NC1CC2(CCN(CCO)CC2)Oc2ccccc21)c1ccc[nH]1.O=C(O)C(F)(F)F. The summed E-state index contributed by atoms with van der Waals surface area (Å²) >= 11 is 0. The molecule has 1 unspecified atom stereocenters. The number of hydrogen-bond acceptors (Lipinski definition) is 5. The number of amides is 1. The number of nitrogens with one attached hydrogen (secondary N) is 2. The molecule has 4 N–H and O–H groups in total. The predicted octanol–water partition coefficient (Wildman–Crippen LogP) is 2.73. The number of carbonyl (C=O) groups is 2. The summed E-state index contributed by atoms with van der Waals surface area (Å²) in [6.45, 7) is 2.70. The van der Waals surface area contributed by atoms with Crippen molar-refractivity contribution in [2.45, 2.75) is 37.1 Å². The summed E-state index contributed by atoms with van der Waals surface area (Å²) in [6.07, 6.45) is -0.763. The van der Waals surface area contributed by atoms with Crippen LogP contribution in [-0.2, 0) is 4.79 Å². The van der Waals surface area contributed by atoms with E-state index in [0.29, 0.717) is 12.2 Å². The molecule has 0 radical (unpaired) electrons. The van der Waals surface area contributed by atoms with Crippen molar-refractivity contribution in [3.8, 4) is 5.75 Å². The number of H-pyrrole nitrogens is 1. The van der Waals surface area contributed by atoms with Crippen molar-refractivity contribution < 1.29 is 37.7 Å². The Balaban J connectivity index is 0.000000383. The van der Waals surface area contributed by atoms with Gasteiger partial charge in [-0.3, -0.25) is 4.79 Å². The number of ether oxygens (including phenoxy) is 1. The molecule has 33 heavy (non-hydrogen) atoms. The quantitative estimate of drug-likeness (QED) is 0.548. The van der Waals surface area contributed by atoms with Crippen LogP contribution in [0.5, 0.6) is 5.75 Å². The number of carboxylic acids is 1. The number of aliphatic hydroxyl groups excluding tert-OH is 1. The predicted molar refractivity (Wildman–Crippen MR) is 112 cm³/mol. The molecule has 180 valence electrons. The van der Waals surface area contributed by atoms with Gasteiger partial charge in [-0.15, -0.1) is 0 Å². The number of nitrogens with zero attached hydrogens (tertiary/aromatic N) is 1. The number of likely N-dealkylation sites (tertiary alicyclic amines) is 1. The van der Waals surface area contributed by atoms with Crippen molar-refractivity contribution in [2.75, 3.05) is 26.2 Å². The summed E-state index contributed by atoms with van der Waals surface area (Å²) in [4.78, 5) is 26.7. The second-order valence-electron chi connectivity index (χ2n) is 8.01. The van der Waals surface area contributed by atoms with Gasteiger partial charge in [-0.2, -0.15) is 13.2 Å². The van der Waals surface area contributed by atoms with Crippen LogP contribution < -0.4 is 10.1 Å². The van der Waals surface area contributed by atoms with Gasteiger partial charge < -0.3 is 30.2 Å². The zero-order valence-electron chi connectivity index (χ0n) is 17.8. The van der Waals surface area contributed by atoms with E-state index in [2.05, 4.69) is 15.2 Å². The molecule has 1 saturated heterocycles. The molecule has 2 aliphatic rings. The molecular formula is C22H26F3N3O5. The molecule has 1 atom stereocenters. The maximum absolute atomic E-state index is 12.6. The lowest BCUT2D eigenvalue weighted by Gasteiger charge is -2.47. The minimum Gasteiger partial charge on any atom is -0.487 e. The minimum absolute atomic E-state index is 0.0693. The average molecular weight is 469 g/mol. The summed E-state index contributed by atoms with van der Waals surface area (Å²) in [7, 11) is 0. The first-order valence-electron chi connectivity index (χ1n) is 10.5. The Labute approximate surface area is 188 Å². The molecule has 1 aromatic carbocycles.